The summed E-state index contributed by atoms with van der Waals surface area (Å²) >= 11 is 0. The monoisotopic (exact) mass is 203 g/mol. The Hall–Kier alpha value is -2.10. The molecule has 0 aliphatic carbocycles. The van der Waals surface area contributed by atoms with E-state index in [0.29, 0.717) is 11.1 Å². The molecule has 15 heavy (non-hydrogen) atoms. The first kappa shape index (κ1) is 9.45. The lowest BCUT2D eigenvalue weighted by Gasteiger charge is -1.98. The van der Waals surface area contributed by atoms with Crippen LogP contribution in [0.15, 0.2) is 29.8 Å². The van der Waals surface area contributed by atoms with Gasteiger partial charge in [0.15, 0.2) is 0 Å². The van der Waals surface area contributed by atoms with Crippen molar-refractivity contribution in [2.75, 3.05) is 0 Å². The van der Waals surface area contributed by atoms with E-state index in [1.54, 1.807) is 18.2 Å². The average molecular weight is 203 g/mol. The maximum absolute atomic E-state index is 11.2. The lowest BCUT2D eigenvalue weighted by Crippen LogP contribution is -2.19. The van der Waals surface area contributed by atoms with Crippen LogP contribution in [-0.4, -0.2) is 16.9 Å². The molecular weight excluding hydrogens is 194 g/mol. The summed E-state index contributed by atoms with van der Waals surface area (Å²) in [5.41, 5.74) is 0.916. The van der Waals surface area contributed by atoms with Gasteiger partial charge in [-0.1, -0.05) is 18.2 Å². The molecule has 2 N–H and O–H groups in total. The Morgan fingerprint density at radius 1 is 1.27 bits per heavy atom. The molecule has 2 amide bonds. The van der Waals surface area contributed by atoms with Crippen molar-refractivity contribution in [3.8, 4) is 5.75 Å². The van der Waals surface area contributed by atoms with Crippen molar-refractivity contribution in [3.63, 3.8) is 0 Å². The number of nitrogens with one attached hydrogen (secondary N) is 1. The van der Waals surface area contributed by atoms with Crippen LogP contribution in [0.1, 0.15) is 12.0 Å². The lowest BCUT2D eigenvalue weighted by atomic mass is 10.1. The maximum atomic E-state index is 11.2. The largest absolute Gasteiger partial charge is 0.507 e. The van der Waals surface area contributed by atoms with Gasteiger partial charge in [0.1, 0.15) is 5.75 Å². The molecular formula is C11H9NO3. The van der Waals surface area contributed by atoms with Crippen molar-refractivity contribution in [2.24, 2.45) is 0 Å². The second kappa shape index (κ2) is 3.57. The Morgan fingerprint density at radius 2 is 2.00 bits per heavy atom. The first-order chi connectivity index (χ1) is 7.16. The topological polar surface area (TPSA) is 66.4 Å². The molecule has 4 nitrogen and oxygen atoms in total. The molecule has 1 fully saturated rings. The zero-order valence-corrected chi connectivity index (χ0v) is 7.86. The van der Waals surface area contributed by atoms with Gasteiger partial charge in [0.2, 0.25) is 5.91 Å². The molecule has 0 bridgehead atoms. The van der Waals surface area contributed by atoms with Crippen molar-refractivity contribution < 1.29 is 14.7 Å². The highest BCUT2D eigenvalue weighted by Crippen LogP contribution is 2.21. The number of amides is 2. The van der Waals surface area contributed by atoms with E-state index in [9.17, 15) is 14.7 Å². The fourth-order valence-electron chi connectivity index (χ4n) is 1.42. The second-order valence-electron chi connectivity index (χ2n) is 3.28. The third-order valence-electron chi connectivity index (χ3n) is 2.16. The number of para-hydroxylation sites is 1. The number of hydrogen-bond donors (Lipinski definition) is 2. The second-order valence-corrected chi connectivity index (χ2v) is 3.28. The van der Waals surface area contributed by atoms with Crippen LogP contribution >= 0.6 is 0 Å². The number of imide groups is 1. The van der Waals surface area contributed by atoms with Crippen LogP contribution in [0, 0.1) is 0 Å². The number of benzene rings is 1. The van der Waals surface area contributed by atoms with E-state index >= 15 is 0 Å². The standard InChI is InChI=1S/C11H9NO3/c13-9-4-2-1-3-7(9)5-8-6-10(14)12-11(8)15/h1-5,13H,6H2,(H,12,14,15)/b8-5+. The van der Waals surface area contributed by atoms with Gasteiger partial charge in [0.05, 0.1) is 6.42 Å². The maximum Gasteiger partial charge on any atom is 0.254 e. The van der Waals surface area contributed by atoms with Crippen LogP contribution in [-0.2, 0) is 9.59 Å². The Balaban J connectivity index is 2.35. The van der Waals surface area contributed by atoms with Crippen LogP contribution in [0.25, 0.3) is 6.08 Å². The minimum Gasteiger partial charge on any atom is -0.507 e. The molecule has 1 saturated heterocycles. The highest BCUT2D eigenvalue weighted by molar-refractivity contribution is 6.15. The first-order valence-electron chi connectivity index (χ1n) is 4.49. The van der Waals surface area contributed by atoms with Crippen molar-refractivity contribution >= 4 is 17.9 Å². The minimum atomic E-state index is -0.386. The SMILES string of the molecule is O=C1C/C(=C\c2ccccc2O)C(=O)N1. The van der Waals surface area contributed by atoms with Crippen LogP contribution < -0.4 is 5.32 Å². The lowest BCUT2D eigenvalue weighted by molar-refractivity contribution is -0.124. The van der Waals surface area contributed by atoms with E-state index in [-0.39, 0.29) is 24.0 Å². The molecule has 76 valence electrons. The van der Waals surface area contributed by atoms with Crippen molar-refractivity contribution in [1.82, 2.24) is 5.32 Å². The Kier molecular flexibility index (Phi) is 2.25. The molecule has 0 spiro atoms. The van der Waals surface area contributed by atoms with E-state index in [0.717, 1.165) is 0 Å². The first-order valence-corrected chi connectivity index (χ1v) is 4.49. The average Bonchev–Trinajstić information content (AvgIpc) is 2.49. The van der Waals surface area contributed by atoms with E-state index in [4.69, 9.17) is 0 Å². The van der Waals surface area contributed by atoms with Crippen molar-refractivity contribution in [1.29, 1.82) is 0 Å². The molecule has 0 radical (unpaired) electrons. The molecule has 1 aromatic carbocycles. The molecule has 2 rings (SSSR count). The van der Waals surface area contributed by atoms with Crippen LogP contribution in [0.5, 0.6) is 5.75 Å². The summed E-state index contributed by atoms with van der Waals surface area (Å²) in [5, 5.41) is 11.6. The third kappa shape index (κ3) is 1.88. The Morgan fingerprint density at radius 3 is 2.60 bits per heavy atom. The summed E-state index contributed by atoms with van der Waals surface area (Å²) in [5.74, 6) is -0.595. The fourth-order valence-corrected chi connectivity index (χ4v) is 1.42. The number of carbonyl (C=O) groups excluding carboxylic acids is 2. The van der Waals surface area contributed by atoms with Crippen LogP contribution in [0.4, 0.5) is 0 Å². The minimum absolute atomic E-state index is 0.0766. The molecule has 0 aromatic heterocycles. The van der Waals surface area contributed by atoms with Crippen LogP contribution in [0.3, 0.4) is 0 Å². The predicted octanol–water partition coefficient (Wildman–Crippen LogP) is 0.822. The van der Waals surface area contributed by atoms with Gasteiger partial charge in [-0.3, -0.25) is 14.9 Å². The van der Waals surface area contributed by atoms with Gasteiger partial charge in [-0.05, 0) is 12.1 Å². The molecule has 1 heterocycles. The van der Waals surface area contributed by atoms with E-state index in [2.05, 4.69) is 5.32 Å². The molecule has 0 saturated carbocycles. The smallest absolute Gasteiger partial charge is 0.254 e. The van der Waals surface area contributed by atoms with E-state index in [1.807, 2.05) is 0 Å². The van der Waals surface area contributed by atoms with Gasteiger partial charge in [-0.25, -0.2) is 0 Å². The Bertz CT molecular complexity index is 463. The van der Waals surface area contributed by atoms with Gasteiger partial charge in [0, 0.05) is 11.1 Å². The highest BCUT2D eigenvalue weighted by Gasteiger charge is 2.23. The summed E-state index contributed by atoms with van der Waals surface area (Å²) in [6.45, 7) is 0. The summed E-state index contributed by atoms with van der Waals surface area (Å²) < 4.78 is 0. The molecule has 0 unspecified atom stereocenters. The number of aromatic hydroxyl groups is 1. The zero-order chi connectivity index (χ0) is 10.8. The van der Waals surface area contributed by atoms with E-state index < -0.39 is 0 Å². The highest BCUT2D eigenvalue weighted by atomic mass is 16.3. The quantitative estimate of drug-likeness (QED) is 0.524. The fraction of sp³-hybridized carbons (Fsp3) is 0.0909. The summed E-state index contributed by atoms with van der Waals surface area (Å²) in [6, 6.07) is 6.65. The number of phenols is 1. The predicted molar refractivity (Wildman–Crippen MR) is 53.9 cm³/mol. The normalized spacial score (nSPS) is 18.3. The van der Waals surface area contributed by atoms with Gasteiger partial charge >= 0.3 is 0 Å². The van der Waals surface area contributed by atoms with Crippen molar-refractivity contribution in [3.05, 3.63) is 35.4 Å². The van der Waals surface area contributed by atoms with Gasteiger partial charge in [-0.2, -0.15) is 0 Å². The molecule has 0 atom stereocenters. The van der Waals surface area contributed by atoms with Crippen LogP contribution in [0.2, 0.25) is 0 Å². The number of rotatable bonds is 1. The molecule has 1 aromatic rings. The summed E-state index contributed by atoms with van der Waals surface area (Å²) in [4.78, 5) is 22.1. The zero-order valence-electron chi connectivity index (χ0n) is 7.86. The summed E-state index contributed by atoms with van der Waals surface area (Å²) in [7, 11) is 0. The number of hydrogen-bond acceptors (Lipinski definition) is 3. The molecule has 4 heteroatoms. The van der Waals surface area contributed by atoms with Gasteiger partial charge in [0.25, 0.3) is 5.91 Å². The molecule has 1 aliphatic heterocycles. The van der Waals surface area contributed by atoms with Gasteiger partial charge in [-0.15, -0.1) is 0 Å². The molecule has 1 aliphatic rings. The number of phenolic OH excluding ortho intramolecular Hbond substituents is 1. The Labute approximate surface area is 86.2 Å². The third-order valence-corrected chi connectivity index (χ3v) is 2.16. The van der Waals surface area contributed by atoms with Gasteiger partial charge < -0.3 is 5.11 Å². The summed E-state index contributed by atoms with van der Waals surface area (Å²) in [6.07, 6.45) is 1.60. The van der Waals surface area contributed by atoms with Crippen molar-refractivity contribution in [2.45, 2.75) is 6.42 Å². The van der Waals surface area contributed by atoms with E-state index in [1.165, 1.54) is 12.1 Å². The number of carbonyl (C=O) groups is 2.